The minimum atomic E-state index is -4.94. The number of hydrogen-bond donors (Lipinski definition) is 3. The van der Waals surface area contributed by atoms with E-state index in [2.05, 4.69) is 10.3 Å². The van der Waals surface area contributed by atoms with Gasteiger partial charge in [-0.3, -0.25) is 20.0 Å². The fourth-order valence-corrected chi connectivity index (χ4v) is 4.05. The Morgan fingerprint density at radius 1 is 1.13 bits per heavy atom. The van der Waals surface area contributed by atoms with Gasteiger partial charge in [0.05, 0.1) is 45.3 Å². The van der Waals surface area contributed by atoms with Crippen molar-refractivity contribution in [2.24, 2.45) is 0 Å². The number of nitrogens with one attached hydrogen (secondary N) is 2. The molecule has 1 aliphatic heterocycles. The highest BCUT2D eigenvalue weighted by molar-refractivity contribution is 6.34. The van der Waals surface area contributed by atoms with Gasteiger partial charge in [0.1, 0.15) is 18.2 Å². The zero-order valence-electron chi connectivity index (χ0n) is 19.6. The first-order valence-electron chi connectivity index (χ1n) is 11.0. The molecule has 0 spiro atoms. The summed E-state index contributed by atoms with van der Waals surface area (Å²) < 4.78 is 60.7. The number of benzene rings is 2. The summed E-state index contributed by atoms with van der Waals surface area (Å²) in [5.41, 5.74) is -4.56. The van der Waals surface area contributed by atoms with E-state index in [0.29, 0.717) is 12.1 Å². The molecule has 14 heteroatoms. The number of carbonyl (C=O) groups is 3. The topological polar surface area (TPSA) is 133 Å². The lowest BCUT2D eigenvalue weighted by atomic mass is 10.0. The molecule has 0 saturated carbocycles. The maximum Gasteiger partial charge on any atom is 0.417 e. The Bertz CT molecular complexity index is 1510. The van der Waals surface area contributed by atoms with Gasteiger partial charge in [0.2, 0.25) is 0 Å². The summed E-state index contributed by atoms with van der Waals surface area (Å²) in [6.07, 6.45) is -3.88. The van der Waals surface area contributed by atoms with Crippen LogP contribution < -0.4 is 5.32 Å². The van der Waals surface area contributed by atoms with E-state index in [9.17, 15) is 31.9 Å². The molecule has 0 aliphatic carbocycles. The second kappa shape index (κ2) is 10.8. The first-order valence-corrected chi connectivity index (χ1v) is 11.4. The molecule has 3 aromatic rings. The lowest BCUT2D eigenvalue weighted by Crippen LogP contribution is -2.29. The number of amides is 2. The Hall–Kier alpha value is -4.36. The average Bonchev–Trinajstić information content (AvgIpc) is 3.42. The number of alkyl halides is 3. The number of carboxylic acids is 1. The number of halogens is 5. The first-order chi connectivity index (χ1) is 18.4. The van der Waals surface area contributed by atoms with Crippen LogP contribution in [0.5, 0.6) is 0 Å². The van der Waals surface area contributed by atoms with Gasteiger partial charge in [-0.25, -0.2) is 9.18 Å². The Balaban J connectivity index is 1.80. The number of rotatable bonds is 6. The number of pyridine rings is 1. The van der Waals surface area contributed by atoms with Gasteiger partial charge in [-0.1, -0.05) is 17.7 Å². The van der Waals surface area contributed by atoms with E-state index in [0.717, 1.165) is 36.5 Å². The predicted octanol–water partition coefficient (Wildman–Crippen LogP) is 4.69. The molecule has 0 atom stereocenters. The molecule has 39 heavy (non-hydrogen) atoms. The summed E-state index contributed by atoms with van der Waals surface area (Å²) in [5, 5.41) is 19.3. The smallest absolute Gasteiger partial charge is 0.417 e. The highest BCUT2D eigenvalue weighted by Crippen LogP contribution is 2.35. The van der Waals surface area contributed by atoms with E-state index in [1.165, 1.54) is 4.90 Å². The third-order valence-electron chi connectivity index (χ3n) is 5.69. The van der Waals surface area contributed by atoms with Crippen molar-refractivity contribution in [2.75, 3.05) is 25.2 Å². The Labute approximate surface area is 222 Å². The molecule has 1 aliphatic rings. The van der Waals surface area contributed by atoms with E-state index >= 15 is 0 Å². The molecule has 1 fully saturated rings. The fraction of sp³-hybridized carbons (Fsp3) is 0.160. The molecular weight excluding hydrogens is 548 g/mol. The number of ether oxygens (including phenoxy) is 1. The van der Waals surface area contributed by atoms with E-state index in [-0.39, 0.29) is 31.1 Å². The number of anilines is 1. The first kappa shape index (κ1) is 27.7. The maximum atomic E-state index is 14.7. The van der Waals surface area contributed by atoms with Crippen molar-refractivity contribution >= 4 is 40.8 Å². The molecule has 0 radical (unpaired) electrons. The van der Waals surface area contributed by atoms with Crippen LogP contribution in [-0.2, 0) is 10.9 Å². The normalized spacial score (nSPS) is 13.3. The minimum absolute atomic E-state index is 0.0200. The molecular formula is C25H17ClF4N4O5. The minimum Gasteiger partial charge on any atom is -0.478 e. The van der Waals surface area contributed by atoms with E-state index in [1.807, 2.05) is 0 Å². The molecule has 2 amide bonds. The lowest BCUT2D eigenvalue weighted by Gasteiger charge is -2.18. The molecule has 4 rings (SSSR count). The molecule has 1 aromatic heterocycles. The van der Waals surface area contributed by atoms with Gasteiger partial charge in [0, 0.05) is 18.3 Å². The maximum absolute atomic E-state index is 14.7. The van der Waals surface area contributed by atoms with Gasteiger partial charge < -0.3 is 20.1 Å². The molecule has 9 nitrogen and oxygen atoms in total. The van der Waals surface area contributed by atoms with Crippen molar-refractivity contribution in [3.63, 3.8) is 0 Å². The van der Waals surface area contributed by atoms with Crippen molar-refractivity contribution < 1.29 is 41.8 Å². The highest BCUT2D eigenvalue weighted by atomic mass is 35.5. The quantitative estimate of drug-likeness (QED) is 0.294. The number of nitrogens with zero attached hydrogens (tertiary/aromatic N) is 2. The Morgan fingerprint density at radius 3 is 2.49 bits per heavy atom. The number of carboxylic acid groups (broad SMARTS) is 1. The third kappa shape index (κ3) is 5.73. The summed E-state index contributed by atoms with van der Waals surface area (Å²) in [7, 11) is 0. The molecule has 1 saturated heterocycles. The van der Waals surface area contributed by atoms with Crippen molar-refractivity contribution in [3.05, 3.63) is 93.0 Å². The second-order valence-corrected chi connectivity index (χ2v) is 8.62. The van der Waals surface area contributed by atoms with Crippen LogP contribution in [0, 0.1) is 11.2 Å². The molecule has 0 bridgehead atoms. The molecule has 2 heterocycles. The van der Waals surface area contributed by atoms with Gasteiger partial charge >= 0.3 is 12.1 Å². The van der Waals surface area contributed by atoms with Crippen LogP contribution in [0.15, 0.2) is 48.7 Å². The predicted molar refractivity (Wildman–Crippen MR) is 130 cm³/mol. The second-order valence-electron chi connectivity index (χ2n) is 8.22. The zero-order valence-corrected chi connectivity index (χ0v) is 20.4. The van der Waals surface area contributed by atoms with Crippen molar-refractivity contribution in [1.29, 1.82) is 5.41 Å². The summed E-state index contributed by atoms with van der Waals surface area (Å²) in [4.78, 5) is 42.4. The Kier molecular flexibility index (Phi) is 7.65. The van der Waals surface area contributed by atoms with Crippen LogP contribution >= 0.6 is 11.6 Å². The van der Waals surface area contributed by atoms with E-state index in [1.54, 1.807) is 0 Å². The largest absolute Gasteiger partial charge is 0.478 e. The van der Waals surface area contributed by atoms with Crippen LogP contribution in [-0.4, -0.2) is 58.4 Å². The number of aromatic nitrogens is 1. The molecule has 3 N–H and O–H groups in total. The number of carbonyl (C=O) groups excluding carboxylic acids is 2. The lowest BCUT2D eigenvalue weighted by molar-refractivity contribution is -0.137. The summed E-state index contributed by atoms with van der Waals surface area (Å²) in [6, 6.07) is 6.57. The molecule has 0 unspecified atom stereocenters. The van der Waals surface area contributed by atoms with Crippen molar-refractivity contribution in [2.45, 2.75) is 6.18 Å². The number of hydrogen-bond acceptors (Lipinski definition) is 6. The van der Waals surface area contributed by atoms with Gasteiger partial charge in [-0.05, 0) is 36.4 Å². The van der Waals surface area contributed by atoms with Crippen molar-refractivity contribution in [3.8, 4) is 0 Å². The van der Waals surface area contributed by atoms with E-state index < -0.39 is 68.5 Å². The fourth-order valence-electron chi connectivity index (χ4n) is 3.79. The molecule has 202 valence electrons. The van der Waals surface area contributed by atoms with Crippen LogP contribution in [0.4, 0.5) is 23.2 Å². The zero-order chi connectivity index (χ0) is 28.5. The van der Waals surface area contributed by atoms with Gasteiger partial charge in [-0.2, -0.15) is 13.2 Å². The van der Waals surface area contributed by atoms with Gasteiger partial charge in [0.15, 0.2) is 0 Å². The highest BCUT2D eigenvalue weighted by Gasteiger charge is 2.36. The SMILES string of the molecule is N=C(c1ccc(C(=O)O)cc1F)c1ncc(C(=O)N2CCOC2)cc1NC(=O)c1c(Cl)cccc1C(F)(F)F. The average molecular weight is 565 g/mol. The van der Waals surface area contributed by atoms with Gasteiger partial charge in [-0.15, -0.1) is 0 Å². The third-order valence-corrected chi connectivity index (χ3v) is 6.01. The monoisotopic (exact) mass is 564 g/mol. The van der Waals surface area contributed by atoms with Crippen molar-refractivity contribution in [1.82, 2.24) is 9.88 Å². The summed E-state index contributed by atoms with van der Waals surface area (Å²) >= 11 is 5.93. The van der Waals surface area contributed by atoms with Crippen LogP contribution in [0.1, 0.15) is 47.9 Å². The standard InChI is InChI=1S/C25H17ClF4N4O5/c26-16-3-1-2-15(25(28,29)30)19(16)22(35)33-18-9-13(23(36)34-6-7-39-11-34)10-32-21(18)20(31)14-5-4-12(24(37)38)8-17(14)27/h1-5,8-10,31H,6-7,11H2,(H,33,35)(H,37,38). The number of aromatic carboxylic acids is 1. The summed E-state index contributed by atoms with van der Waals surface area (Å²) in [5.74, 6) is -4.40. The van der Waals surface area contributed by atoms with Crippen LogP contribution in [0.2, 0.25) is 5.02 Å². The molecule has 2 aromatic carbocycles. The van der Waals surface area contributed by atoms with Crippen LogP contribution in [0.3, 0.4) is 0 Å². The van der Waals surface area contributed by atoms with Gasteiger partial charge in [0.25, 0.3) is 11.8 Å². The van der Waals surface area contributed by atoms with E-state index in [4.69, 9.17) is 26.9 Å². The summed E-state index contributed by atoms with van der Waals surface area (Å²) in [6.45, 7) is 0.519. The van der Waals surface area contributed by atoms with Crippen LogP contribution in [0.25, 0.3) is 0 Å². The Morgan fingerprint density at radius 2 is 1.87 bits per heavy atom.